The molecule has 0 saturated carbocycles. The van der Waals surface area contributed by atoms with Crippen LogP contribution in [0.25, 0.3) is 21.9 Å². The van der Waals surface area contributed by atoms with Gasteiger partial charge in [-0.2, -0.15) is 0 Å². The highest BCUT2D eigenvalue weighted by Crippen LogP contribution is 2.28. The summed E-state index contributed by atoms with van der Waals surface area (Å²) < 4.78 is 0. The van der Waals surface area contributed by atoms with Gasteiger partial charge in [-0.05, 0) is 13.8 Å². The summed E-state index contributed by atoms with van der Waals surface area (Å²) in [4.78, 5) is 21.1. The second-order valence-corrected chi connectivity index (χ2v) is 4.70. The smallest absolute Gasteiger partial charge is 0.181 e. The van der Waals surface area contributed by atoms with Crippen molar-refractivity contribution in [1.82, 2.24) is 24.9 Å². The minimum atomic E-state index is 0.690. The van der Waals surface area contributed by atoms with E-state index in [0.717, 1.165) is 26.9 Å². The number of fused-ring (bicyclic) bond motifs is 1. The number of aromatic nitrogens is 5. The van der Waals surface area contributed by atoms with Crippen LogP contribution in [0.2, 0.25) is 0 Å². The second-order valence-electron chi connectivity index (χ2n) is 3.49. The van der Waals surface area contributed by atoms with E-state index < -0.39 is 0 Å². The van der Waals surface area contributed by atoms with Crippen LogP contribution < -0.4 is 0 Å². The van der Waals surface area contributed by atoms with Crippen LogP contribution >= 0.6 is 11.3 Å². The minimum Gasteiger partial charge on any atom is -0.335 e. The van der Waals surface area contributed by atoms with E-state index in [0.29, 0.717) is 5.65 Å². The summed E-state index contributed by atoms with van der Waals surface area (Å²) in [6, 6.07) is 0. The van der Waals surface area contributed by atoms with E-state index in [1.54, 1.807) is 17.5 Å². The number of hydrogen-bond donors (Lipinski definition) is 1. The van der Waals surface area contributed by atoms with Gasteiger partial charge in [-0.15, -0.1) is 11.3 Å². The van der Waals surface area contributed by atoms with Gasteiger partial charge in [-0.25, -0.2) is 19.9 Å². The van der Waals surface area contributed by atoms with Gasteiger partial charge in [0.15, 0.2) is 11.5 Å². The quantitative estimate of drug-likeness (QED) is 0.696. The zero-order chi connectivity index (χ0) is 11.1. The van der Waals surface area contributed by atoms with Gasteiger partial charge in [0.2, 0.25) is 0 Å². The zero-order valence-electron chi connectivity index (χ0n) is 8.85. The van der Waals surface area contributed by atoms with Crippen molar-refractivity contribution in [2.24, 2.45) is 0 Å². The largest absolute Gasteiger partial charge is 0.335 e. The Hall–Kier alpha value is -1.82. The first-order chi connectivity index (χ1) is 7.74. The standard InChI is InChI=1S/C10H9N5S/c1-5-8(16-6(2)13-5)10-14-7-3-11-4-12-9(7)15-10/h3-4H,1-2H3,(H,11,12,14,15). The highest BCUT2D eigenvalue weighted by molar-refractivity contribution is 7.15. The van der Waals surface area contributed by atoms with Gasteiger partial charge in [-0.3, -0.25) is 0 Å². The number of hydrogen-bond acceptors (Lipinski definition) is 5. The third-order valence-corrected chi connectivity index (χ3v) is 3.36. The fourth-order valence-electron chi connectivity index (χ4n) is 1.62. The van der Waals surface area contributed by atoms with Gasteiger partial charge in [0, 0.05) is 0 Å². The van der Waals surface area contributed by atoms with Crippen LogP contribution in [0.5, 0.6) is 0 Å². The molecule has 16 heavy (non-hydrogen) atoms. The first-order valence-electron chi connectivity index (χ1n) is 4.84. The number of aryl methyl sites for hydroxylation is 2. The molecule has 3 aromatic heterocycles. The number of rotatable bonds is 1. The molecular weight excluding hydrogens is 222 g/mol. The van der Waals surface area contributed by atoms with E-state index in [1.807, 2.05) is 13.8 Å². The number of thiazole rings is 1. The van der Waals surface area contributed by atoms with Crippen LogP contribution in [0.4, 0.5) is 0 Å². The predicted octanol–water partition coefficient (Wildman–Crippen LogP) is 2.09. The van der Waals surface area contributed by atoms with Crippen molar-refractivity contribution in [2.75, 3.05) is 0 Å². The van der Waals surface area contributed by atoms with E-state index in [-0.39, 0.29) is 0 Å². The summed E-state index contributed by atoms with van der Waals surface area (Å²) in [5.41, 5.74) is 2.54. The summed E-state index contributed by atoms with van der Waals surface area (Å²) >= 11 is 1.63. The summed E-state index contributed by atoms with van der Waals surface area (Å²) in [5.74, 6) is 0.818. The molecule has 0 spiro atoms. The van der Waals surface area contributed by atoms with Crippen LogP contribution in [-0.4, -0.2) is 24.9 Å². The molecule has 0 aliphatic rings. The van der Waals surface area contributed by atoms with Crippen LogP contribution in [0.15, 0.2) is 12.5 Å². The van der Waals surface area contributed by atoms with Crippen molar-refractivity contribution >= 4 is 22.5 Å². The Balaban J connectivity index is 2.22. The number of nitrogens with one attached hydrogen (secondary N) is 1. The van der Waals surface area contributed by atoms with Crippen molar-refractivity contribution in [3.8, 4) is 10.7 Å². The topological polar surface area (TPSA) is 67.3 Å². The lowest BCUT2D eigenvalue weighted by Crippen LogP contribution is -1.79. The van der Waals surface area contributed by atoms with Gasteiger partial charge in [0.25, 0.3) is 0 Å². The number of H-pyrrole nitrogens is 1. The predicted molar refractivity (Wildman–Crippen MR) is 62.3 cm³/mol. The van der Waals surface area contributed by atoms with Crippen molar-refractivity contribution in [2.45, 2.75) is 13.8 Å². The normalized spacial score (nSPS) is 11.1. The molecule has 3 aromatic rings. The molecule has 80 valence electrons. The Morgan fingerprint density at radius 1 is 1.25 bits per heavy atom. The molecule has 3 rings (SSSR count). The van der Waals surface area contributed by atoms with Gasteiger partial charge in [0.05, 0.1) is 21.8 Å². The van der Waals surface area contributed by atoms with Crippen LogP contribution in [0.3, 0.4) is 0 Å². The molecule has 0 aliphatic heterocycles. The lowest BCUT2D eigenvalue weighted by atomic mass is 10.4. The second kappa shape index (κ2) is 3.34. The maximum Gasteiger partial charge on any atom is 0.181 e. The summed E-state index contributed by atoms with van der Waals surface area (Å²) in [6.45, 7) is 3.97. The summed E-state index contributed by atoms with van der Waals surface area (Å²) in [6.07, 6.45) is 3.22. The maximum atomic E-state index is 4.42. The van der Waals surface area contributed by atoms with Gasteiger partial charge >= 0.3 is 0 Å². The average Bonchev–Trinajstić information content (AvgIpc) is 2.81. The molecule has 0 saturated heterocycles. The zero-order valence-corrected chi connectivity index (χ0v) is 9.67. The Labute approximate surface area is 95.6 Å². The Morgan fingerprint density at radius 2 is 2.12 bits per heavy atom. The van der Waals surface area contributed by atoms with Crippen LogP contribution in [0, 0.1) is 13.8 Å². The Kier molecular flexibility index (Phi) is 1.97. The third kappa shape index (κ3) is 1.38. The molecule has 0 fully saturated rings. The minimum absolute atomic E-state index is 0.690. The molecule has 0 amide bonds. The van der Waals surface area contributed by atoms with E-state index in [2.05, 4.69) is 24.9 Å². The van der Waals surface area contributed by atoms with E-state index >= 15 is 0 Å². The first kappa shape index (κ1) is 9.41. The van der Waals surface area contributed by atoms with Gasteiger partial charge in [-0.1, -0.05) is 0 Å². The van der Waals surface area contributed by atoms with Gasteiger partial charge < -0.3 is 4.98 Å². The van der Waals surface area contributed by atoms with Crippen molar-refractivity contribution in [3.05, 3.63) is 23.2 Å². The molecule has 0 bridgehead atoms. The fraction of sp³-hybridized carbons (Fsp3) is 0.200. The fourth-order valence-corrected chi connectivity index (χ4v) is 2.49. The highest BCUT2D eigenvalue weighted by Gasteiger charge is 2.12. The Bertz CT molecular complexity index is 621. The monoisotopic (exact) mass is 231 g/mol. The Morgan fingerprint density at radius 3 is 2.81 bits per heavy atom. The molecule has 0 unspecified atom stereocenters. The molecular formula is C10H9N5S. The average molecular weight is 231 g/mol. The highest BCUT2D eigenvalue weighted by atomic mass is 32.1. The molecule has 0 atom stereocenters. The third-order valence-electron chi connectivity index (χ3n) is 2.28. The molecule has 6 heteroatoms. The van der Waals surface area contributed by atoms with E-state index in [1.165, 1.54) is 6.33 Å². The first-order valence-corrected chi connectivity index (χ1v) is 5.66. The molecule has 3 heterocycles. The number of aromatic amines is 1. The maximum absolute atomic E-state index is 4.42. The van der Waals surface area contributed by atoms with Crippen molar-refractivity contribution in [1.29, 1.82) is 0 Å². The van der Waals surface area contributed by atoms with Crippen LogP contribution in [0.1, 0.15) is 10.7 Å². The van der Waals surface area contributed by atoms with Crippen molar-refractivity contribution in [3.63, 3.8) is 0 Å². The molecule has 1 N–H and O–H groups in total. The van der Waals surface area contributed by atoms with Crippen LogP contribution in [-0.2, 0) is 0 Å². The SMILES string of the molecule is Cc1nc(C)c(-c2nc3ncncc3[nH]2)s1. The summed E-state index contributed by atoms with van der Waals surface area (Å²) in [7, 11) is 0. The van der Waals surface area contributed by atoms with E-state index in [4.69, 9.17) is 0 Å². The number of imidazole rings is 1. The molecule has 0 aliphatic carbocycles. The molecule has 5 nitrogen and oxygen atoms in total. The van der Waals surface area contributed by atoms with Gasteiger partial charge in [0.1, 0.15) is 11.8 Å². The van der Waals surface area contributed by atoms with Crippen molar-refractivity contribution < 1.29 is 0 Å². The number of nitrogens with zero attached hydrogens (tertiary/aromatic N) is 4. The molecule has 0 aromatic carbocycles. The lowest BCUT2D eigenvalue weighted by Gasteiger charge is -1.89. The summed E-state index contributed by atoms with van der Waals surface area (Å²) in [5, 5.41) is 1.04. The van der Waals surface area contributed by atoms with E-state index in [9.17, 15) is 0 Å². The molecule has 0 radical (unpaired) electrons. The lowest BCUT2D eigenvalue weighted by molar-refractivity contribution is 1.19.